The molecule has 5 heteroatoms. The van der Waals surface area contributed by atoms with E-state index in [9.17, 15) is 0 Å². The van der Waals surface area contributed by atoms with Crippen LogP contribution in [0.5, 0.6) is 11.6 Å². The Morgan fingerprint density at radius 2 is 1.81 bits per heavy atom. The number of halogens is 2. The quantitative estimate of drug-likeness (QED) is 0.646. The number of benzene rings is 1. The lowest BCUT2D eigenvalue weighted by molar-refractivity contribution is 0.439. The molecule has 0 radical (unpaired) electrons. The molecule has 0 N–H and O–H groups in total. The maximum atomic E-state index is 6.22. The SMILES string of the molecule is Cc1cc(Br)ccc1Oc1nc(C(C)(C)C)nc(Cl)c1C. The van der Waals surface area contributed by atoms with Crippen molar-refractivity contribution < 1.29 is 4.74 Å². The maximum absolute atomic E-state index is 6.22. The zero-order valence-electron chi connectivity index (χ0n) is 12.8. The van der Waals surface area contributed by atoms with Gasteiger partial charge in [0.05, 0.1) is 0 Å². The van der Waals surface area contributed by atoms with Crippen molar-refractivity contribution in [2.45, 2.75) is 40.0 Å². The van der Waals surface area contributed by atoms with Crippen LogP contribution in [0.25, 0.3) is 0 Å². The molecule has 1 aromatic carbocycles. The fourth-order valence-electron chi connectivity index (χ4n) is 1.74. The Bertz CT molecular complexity index is 681. The third-order valence-electron chi connectivity index (χ3n) is 3.06. The lowest BCUT2D eigenvalue weighted by atomic mass is 9.96. The average Bonchev–Trinajstić information content (AvgIpc) is 2.36. The largest absolute Gasteiger partial charge is 0.438 e. The Morgan fingerprint density at radius 3 is 2.38 bits per heavy atom. The van der Waals surface area contributed by atoms with Gasteiger partial charge in [-0.05, 0) is 37.6 Å². The topological polar surface area (TPSA) is 35.0 Å². The van der Waals surface area contributed by atoms with Crippen molar-refractivity contribution in [1.29, 1.82) is 0 Å². The number of hydrogen-bond acceptors (Lipinski definition) is 3. The van der Waals surface area contributed by atoms with Crippen molar-refractivity contribution in [2.24, 2.45) is 0 Å². The molecule has 0 saturated carbocycles. The van der Waals surface area contributed by atoms with Crippen LogP contribution >= 0.6 is 27.5 Å². The van der Waals surface area contributed by atoms with Crippen molar-refractivity contribution in [1.82, 2.24) is 9.97 Å². The molecule has 1 aromatic heterocycles. The number of aromatic nitrogens is 2. The number of ether oxygens (including phenoxy) is 1. The van der Waals surface area contributed by atoms with Crippen LogP contribution in [-0.2, 0) is 5.41 Å². The molecule has 0 fully saturated rings. The lowest BCUT2D eigenvalue weighted by Crippen LogP contribution is -2.17. The predicted octanol–water partition coefficient (Wildman–Crippen LogP) is 5.60. The van der Waals surface area contributed by atoms with Crippen LogP contribution in [0.1, 0.15) is 37.7 Å². The predicted molar refractivity (Wildman–Crippen MR) is 89.4 cm³/mol. The summed E-state index contributed by atoms with van der Waals surface area (Å²) >= 11 is 9.66. The molecular weight excluding hydrogens is 352 g/mol. The fraction of sp³-hybridized carbons (Fsp3) is 0.375. The molecule has 3 nitrogen and oxygen atoms in total. The highest BCUT2D eigenvalue weighted by Gasteiger charge is 2.21. The summed E-state index contributed by atoms with van der Waals surface area (Å²) in [6, 6.07) is 5.84. The Balaban J connectivity index is 2.46. The van der Waals surface area contributed by atoms with Crippen molar-refractivity contribution >= 4 is 27.5 Å². The van der Waals surface area contributed by atoms with Crippen molar-refractivity contribution in [2.75, 3.05) is 0 Å². The minimum Gasteiger partial charge on any atom is -0.438 e. The molecular formula is C16H18BrClN2O. The molecule has 0 saturated heterocycles. The smallest absolute Gasteiger partial charge is 0.227 e. The van der Waals surface area contributed by atoms with Crippen LogP contribution in [0.3, 0.4) is 0 Å². The van der Waals surface area contributed by atoms with E-state index >= 15 is 0 Å². The number of hydrogen-bond donors (Lipinski definition) is 0. The third-order valence-corrected chi connectivity index (χ3v) is 3.92. The molecule has 112 valence electrons. The van der Waals surface area contributed by atoms with Crippen molar-refractivity contribution in [3.63, 3.8) is 0 Å². The normalized spacial score (nSPS) is 11.6. The standard InChI is InChI=1S/C16H18BrClN2O/c1-9-8-11(17)6-7-12(9)21-14-10(2)13(18)19-15(20-14)16(3,4)5/h6-8H,1-5H3. The molecule has 0 bridgehead atoms. The lowest BCUT2D eigenvalue weighted by Gasteiger charge is -2.19. The molecule has 21 heavy (non-hydrogen) atoms. The van der Waals surface area contributed by atoms with Gasteiger partial charge in [0.1, 0.15) is 16.7 Å². The third kappa shape index (κ3) is 3.74. The second kappa shape index (κ2) is 5.93. The summed E-state index contributed by atoms with van der Waals surface area (Å²) in [6.07, 6.45) is 0. The highest BCUT2D eigenvalue weighted by atomic mass is 79.9. The first-order chi connectivity index (χ1) is 9.68. The Kier molecular flexibility index (Phi) is 4.59. The summed E-state index contributed by atoms with van der Waals surface area (Å²) in [6.45, 7) is 9.98. The average molecular weight is 370 g/mol. The molecule has 0 unspecified atom stereocenters. The molecule has 0 spiro atoms. The summed E-state index contributed by atoms with van der Waals surface area (Å²) in [4.78, 5) is 8.88. The van der Waals surface area contributed by atoms with E-state index in [1.54, 1.807) is 0 Å². The van der Waals surface area contributed by atoms with E-state index in [1.165, 1.54) is 0 Å². The highest BCUT2D eigenvalue weighted by Crippen LogP contribution is 2.32. The van der Waals surface area contributed by atoms with Gasteiger partial charge < -0.3 is 4.74 Å². The van der Waals surface area contributed by atoms with E-state index in [-0.39, 0.29) is 5.41 Å². The van der Waals surface area contributed by atoms with E-state index in [2.05, 4.69) is 25.9 Å². The van der Waals surface area contributed by atoms with Crippen LogP contribution < -0.4 is 4.74 Å². The zero-order chi connectivity index (χ0) is 15.8. The Hall–Kier alpha value is -1.13. The van der Waals surface area contributed by atoms with Crippen molar-refractivity contribution in [3.05, 3.63) is 44.8 Å². The fourth-order valence-corrected chi connectivity index (χ4v) is 2.37. The van der Waals surface area contributed by atoms with Gasteiger partial charge in [0.15, 0.2) is 0 Å². The molecule has 0 aliphatic heterocycles. The molecule has 1 heterocycles. The summed E-state index contributed by atoms with van der Waals surface area (Å²) in [7, 11) is 0. The number of nitrogens with zero attached hydrogens (tertiary/aromatic N) is 2. The van der Waals surface area contributed by atoms with Crippen LogP contribution in [0.4, 0.5) is 0 Å². The molecule has 0 aliphatic rings. The summed E-state index contributed by atoms with van der Waals surface area (Å²) in [5.74, 6) is 1.93. The monoisotopic (exact) mass is 368 g/mol. The van der Waals surface area contributed by atoms with E-state index < -0.39 is 0 Å². The number of aryl methyl sites for hydroxylation is 1. The van der Waals surface area contributed by atoms with Crippen LogP contribution in [-0.4, -0.2) is 9.97 Å². The van der Waals surface area contributed by atoms with E-state index in [4.69, 9.17) is 16.3 Å². The molecule has 2 rings (SSSR count). The van der Waals surface area contributed by atoms with Crippen LogP contribution in [0.15, 0.2) is 22.7 Å². The first-order valence-electron chi connectivity index (χ1n) is 6.67. The summed E-state index contributed by atoms with van der Waals surface area (Å²) in [5.41, 5.74) is 1.58. The van der Waals surface area contributed by atoms with E-state index in [1.807, 2.05) is 52.8 Å². The minimum atomic E-state index is -0.190. The zero-order valence-corrected chi connectivity index (χ0v) is 15.1. The van der Waals surface area contributed by atoms with Crippen LogP contribution in [0.2, 0.25) is 5.15 Å². The van der Waals surface area contributed by atoms with Gasteiger partial charge in [0, 0.05) is 15.5 Å². The second-order valence-electron chi connectivity index (χ2n) is 6.03. The highest BCUT2D eigenvalue weighted by molar-refractivity contribution is 9.10. The van der Waals surface area contributed by atoms with Gasteiger partial charge in [-0.15, -0.1) is 0 Å². The van der Waals surface area contributed by atoms with Gasteiger partial charge in [-0.25, -0.2) is 4.98 Å². The van der Waals surface area contributed by atoms with Gasteiger partial charge in [0.25, 0.3) is 0 Å². The van der Waals surface area contributed by atoms with Gasteiger partial charge in [-0.1, -0.05) is 48.3 Å². The Morgan fingerprint density at radius 1 is 1.14 bits per heavy atom. The molecule has 0 atom stereocenters. The minimum absolute atomic E-state index is 0.190. The van der Waals surface area contributed by atoms with Crippen molar-refractivity contribution in [3.8, 4) is 11.6 Å². The maximum Gasteiger partial charge on any atom is 0.227 e. The molecule has 2 aromatic rings. The van der Waals surface area contributed by atoms with Gasteiger partial charge in [0.2, 0.25) is 5.88 Å². The van der Waals surface area contributed by atoms with Gasteiger partial charge >= 0.3 is 0 Å². The first kappa shape index (κ1) is 16.2. The second-order valence-corrected chi connectivity index (χ2v) is 7.30. The van der Waals surface area contributed by atoms with E-state index in [0.29, 0.717) is 16.9 Å². The van der Waals surface area contributed by atoms with Crippen LogP contribution in [0, 0.1) is 13.8 Å². The summed E-state index contributed by atoms with van der Waals surface area (Å²) < 4.78 is 6.97. The molecule has 0 aliphatic carbocycles. The first-order valence-corrected chi connectivity index (χ1v) is 7.84. The molecule has 0 amide bonds. The Labute approximate surface area is 138 Å². The number of rotatable bonds is 2. The van der Waals surface area contributed by atoms with E-state index in [0.717, 1.165) is 21.3 Å². The summed E-state index contributed by atoms with van der Waals surface area (Å²) in [5, 5.41) is 0.430. The van der Waals surface area contributed by atoms with Gasteiger partial charge in [-0.2, -0.15) is 4.98 Å². The van der Waals surface area contributed by atoms with Gasteiger partial charge in [-0.3, -0.25) is 0 Å².